The summed E-state index contributed by atoms with van der Waals surface area (Å²) < 4.78 is 12.0. The molecule has 1 N–H and O–H groups in total. The standard InChI is InChI=1S/C14H20BrNO2S/c1-14(2,16-13(17)7-8-19(3)18)10-11-5-4-6-12(15)9-11/h4-6,9H,7-8,10H2,1-3H3,(H,16,17)/t19-/m0/s1. The molecule has 0 heterocycles. The van der Waals surface area contributed by atoms with Crippen LogP contribution in [0.4, 0.5) is 0 Å². The summed E-state index contributed by atoms with van der Waals surface area (Å²) in [6.07, 6.45) is 2.68. The van der Waals surface area contributed by atoms with E-state index in [1.807, 2.05) is 32.0 Å². The summed E-state index contributed by atoms with van der Waals surface area (Å²) in [5.41, 5.74) is 0.853. The number of rotatable bonds is 6. The van der Waals surface area contributed by atoms with Crippen LogP contribution in [0.3, 0.4) is 0 Å². The molecule has 1 amide bonds. The summed E-state index contributed by atoms with van der Waals surface area (Å²) in [6.45, 7) is 3.99. The van der Waals surface area contributed by atoms with Gasteiger partial charge in [0.25, 0.3) is 0 Å². The fourth-order valence-corrected chi connectivity index (χ4v) is 2.80. The Morgan fingerprint density at radius 3 is 2.68 bits per heavy atom. The minimum Gasteiger partial charge on any atom is -0.351 e. The smallest absolute Gasteiger partial charge is 0.221 e. The highest BCUT2D eigenvalue weighted by Crippen LogP contribution is 2.17. The molecule has 0 spiro atoms. The van der Waals surface area contributed by atoms with Gasteiger partial charge in [0, 0.05) is 39.2 Å². The van der Waals surface area contributed by atoms with Crippen LogP contribution in [0.15, 0.2) is 28.7 Å². The van der Waals surface area contributed by atoms with E-state index in [0.29, 0.717) is 12.2 Å². The van der Waals surface area contributed by atoms with E-state index in [-0.39, 0.29) is 11.4 Å². The van der Waals surface area contributed by atoms with Gasteiger partial charge in [0.05, 0.1) is 0 Å². The van der Waals surface area contributed by atoms with Gasteiger partial charge in [-0.3, -0.25) is 9.00 Å². The van der Waals surface area contributed by atoms with Gasteiger partial charge >= 0.3 is 0 Å². The number of carbonyl (C=O) groups is 1. The Morgan fingerprint density at radius 1 is 1.42 bits per heavy atom. The van der Waals surface area contributed by atoms with Crippen LogP contribution in [-0.4, -0.2) is 27.7 Å². The first-order valence-electron chi connectivity index (χ1n) is 6.14. The zero-order valence-corrected chi connectivity index (χ0v) is 13.9. The third kappa shape index (κ3) is 6.87. The van der Waals surface area contributed by atoms with Crippen molar-refractivity contribution >= 4 is 32.6 Å². The highest BCUT2D eigenvalue weighted by molar-refractivity contribution is 9.10. The molecule has 5 heteroatoms. The zero-order chi connectivity index (χ0) is 14.5. The van der Waals surface area contributed by atoms with E-state index in [1.165, 1.54) is 5.56 Å². The van der Waals surface area contributed by atoms with Crippen LogP contribution in [0.2, 0.25) is 0 Å². The molecule has 3 nitrogen and oxygen atoms in total. The lowest BCUT2D eigenvalue weighted by atomic mass is 9.95. The molecule has 0 unspecified atom stereocenters. The fraction of sp³-hybridized carbons (Fsp3) is 0.500. The molecule has 0 aromatic heterocycles. The van der Waals surface area contributed by atoms with Crippen molar-refractivity contribution in [3.05, 3.63) is 34.3 Å². The number of benzene rings is 1. The van der Waals surface area contributed by atoms with Gasteiger partial charge in [0.1, 0.15) is 0 Å². The molecule has 0 bridgehead atoms. The van der Waals surface area contributed by atoms with Crippen molar-refractivity contribution < 1.29 is 9.00 Å². The van der Waals surface area contributed by atoms with Crippen molar-refractivity contribution in [1.29, 1.82) is 0 Å². The highest BCUT2D eigenvalue weighted by atomic mass is 79.9. The topological polar surface area (TPSA) is 46.2 Å². The molecule has 1 rings (SSSR count). The minimum absolute atomic E-state index is 0.0461. The Morgan fingerprint density at radius 2 is 2.11 bits per heavy atom. The van der Waals surface area contributed by atoms with Gasteiger partial charge in [-0.25, -0.2) is 0 Å². The van der Waals surface area contributed by atoms with Gasteiger partial charge in [-0.1, -0.05) is 28.1 Å². The molecule has 0 aliphatic heterocycles. The lowest BCUT2D eigenvalue weighted by molar-refractivity contribution is -0.122. The summed E-state index contributed by atoms with van der Waals surface area (Å²) >= 11 is 3.44. The maximum absolute atomic E-state index is 11.8. The number of carbonyl (C=O) groups excluding carboxylic acids is 1. The average Bonchev–Trinajstić information content (AvgIpc) is 2.24. The third-order valence-corrected chi connectivity index (χ3v) is 3.90. The molecule has 1 atom stereocenters. The van der Waals surface area contributed by atoms with E-state index in [0.717, 1.165) is 10.9 Å². The number of nitrogens with one attached hydrogen (secondary N) is 1. The third-order valence-electron chi connectivity index (χ3n) is 2.63. The summed E-state index contributed by atoms with van der Waals surface area (Å²) in [7, 11) is -0.923. The molecule has 106 valence electrons. The molecule has 1 aromatic carbocycles. The molecule has 0 saturated carbocycles. The second-order valence-corrected chi connectivity index (χ2v) is 7.74. The summed E-state index contributed by atoms with van der Waals surface area (Å²) in [4.78, 5) is 11.8. The van der Waals surface area contributed by atoms with Crippen molar-refractivity contribution in [2.75, 3.05) is 12.0 Å². The second-order valence-electron chi connectivity index (χ2n) is 5.27. The van der Waals surface area contributed by atoms with E-state index in [1.54, 1.807) is 6.26 Å². The first kappa shape index (κ1) is 16.4. The quantitative estimate of drug-likeness (QED) is 0.861. The molecule has 19 heavy (non-hydrogen) atoms. The lowest BCUT2D eigenvalue weighted by Gasteiger charge is -2.26. The first-order chi connectivity index (χ1) is 8.78. The van der Waals surface area contributed by atoms with Crippen LogP contribution in [0, 0.1) is 0 Å². The summed E-state index contributed by atoms with van der Waals surface area (Å²) in [5, 5.41) is 2.99. The maximum atomic E-state index is 11.8. The minimum atomic E-state index is -0.923. The van der Waals surface area contributed by atoms with Crippen molar-refractivity contribution in [3.8, 4) is 0 Å². The predicted octanol–water partition coefficient (Wildman–Crippen LogP) is 2.66. The van der Waals surface area contributed by atoms with Crippen LogP contribution in [0.1, 0.15) is 25.8 Å². The predicted molar refractivity (Wildman–Crippen MR) is 83.6 cm³/mol. The number of hydrogen-bond donors (Lipinski definition) is 1. The summed E-state index contributed by atoms with van der Waals surface area (Å²) in [5.74, 6) is 0.369. The highest BCUT2D eigenvalue weighted by Gasteiger charge is 2.20. The first-order valence-corrected chi connectivity index (χ1v) is 8.66. The Kier molecular flexibility index (Phi) is 6.20. The van der Waals surface area contributed by atoms with Gasteiger partial charge in [0.2, 0.25) is 5.91 Å². The fourth-order valence-electron chi connectivity index (χ4n) is 1.88. The molecular formula is C14H20BrNO2S. The maximum Gasteiger partial charge on any atom is 0.221 e. The average molecular weight is 346 g/mol. The molecule has 0 saturated heterocycles. The van der Waals surface area contributed by atoms with Gasteiger partial charge in [-0.05, 0) is 38.0 Å². The van der Waals surface area contributed by atoms with Crippen LogP contribution in [0.25, 0.3) is 0 Å². The number of amides is 1. The number of halogens is 1. The Bertz CT molecular complexity index is 474. The van der Waals surface area contributed by atoms with Gasteiger partial charge in [-0.15, -0.1) is 0 Å². The Hall–Kier alpha value is -0.680. The van der Waals surface area contributed by atoms with Gasteiger partial charge in [-0.2, -0.15) is 0 Å². The van der Waals surface area contributed by atoms with Crippen molar-refractivity contribution in [2.24, 2.45) is 0 Å². The van der Waals surface area contributed by atoms with Crippen molar-refractivity contribution in [2.45, 2.75) is 32.2 Å². The summed E-state index contributed by atoms with van der Waals surface area (Å²) in [6, 6.07) is 8.05. The zero-order valence-electron chi connectivity index (χ0n) is 11.5. The lowest BCUT2D eigenvalue weighted by Crippen LogP contribution is -2.45. The molecule has 0 aliphatic carbocycles. The number of hydrogen-bond acceptors (Lipinski definition) is 2. The molecule has 0 aliphatic rings. The van der Waals surface area contributed by atoms with Crippen molar-refractivity contribution in [3.63, 3.8) is 0 Å². The SMILES string of the molecule is C[S@](=O)CCC(=O)NC(C)(C)Cc1cccc(Br)c1. The van der Waals surface area contributed by atoms with E-state index in [2.05, 4.69) is 27.3 Å². The van der Waals surface area contributed by atoms with E-state index in [4.69, 9.17) is 0 Å². The van der Waals surface area contributed by atoms with Gasteiger partial charge < -0.3 is 5.32 Å². The van der Waals surface area contributed by atoms with Crippen LogP contribution in [0.5, 0.6) is 0 Å². The Balaban J connectivity index is 2.56. The van der Waals surface area contributed by atoms with Crippen LogP contribution in [-0.2, 0) is 22.0 Å². The Labute approximate surface area is 125 Å². The normalized spacial score (nSPS) is 13.1. The second kappa shape index (κ2) is 7.20. The molecule has 0 radical (unpaired) electrons. The van der Waals surface area contributed by atoms with Crippen molar-refractivity contribution in [1.82, 2.24) is 5.32 Å². The van der Waals surface area contributed by atoms with E-state index < -0.39 is 10.8 Å². The van der Waals surface area contributed by atoms with E-state index >= 15 is 0 Å². The molecular weight excluding hydrogens is 326 g/mol. The molecule has 0 fully saturated rings. The van der Waals surface area contributed by atoms with Crippen LogP contribution >= 0.6 is 15.9 Å². The monoisotopic (exact) mass is 345 g/mol. The van der Waals surface area contributed by atoms with Gasteiger partial charge in [0.15, 0.2) is 0 Å². The van der Waals surface area contributed by atoms with E-state index in [9.17, 15) is 9.00 Å². The van der Waals surface area contributed by atoms with Crippen LogP contribution < -0.4 is 5.32 Å². The largest absolute Gasteiger partial charge is 0.351 e. The molecule has 1 aromatic rings.